The first kappa shape index (κ1) is 38.5. The SMILES string of the molecule is C=CCN(C(=O)NCc1ccc(OC)cc1)N1CC(=O)N2[C@@H](Cc3ccc(NC(=O)c4cccc5ccccc45)cc3)C(=O)N(Cc3cccc4c3NC(N)S4)C[C@@H]21. The highest BCUT2D eigenvalue weighted by Crippen LogP contribution is 2.40. The van der Waals surface area contributed by atoms with Crippen LogP contribution in [-0.4, -0.2) is 88.0 Å². The van der Waals surface area contributed by atoms with Crippen LogP contribution >= 0.6 is 11.8 Å². The molecule has 0 aliphatic carbocycles. The Morgan fingerprint density at radius 3 is 2.48 bits per heavy atom. The Bertz CT molecular complexity index is 2370. The molecule has 0 aromatic heterocycles. The summed E-state index contributed by atoms with van der Waals surface area (Å²) < 4.78 is 5.26. The number of methoxy groups -OCH3 is 1. The van der Waals surface area contributed by atoms with Crippen molar-refractivity contribution in [2.24, 2.45) is 5.73 Å². The molecule has 5 aromatic carbocycles. The predicted octanol–water partition coefficient (Wildman–Crippen LogP) is 5.60. The molecule has 58 heavy (non-hydrogen) atoms. The Balaban J connectivity index is 1.05. The number of nitrogens with two attached hydrogens (primary N) is 1. The second-order valence-corrected chi connectivity index (χ2v) is 15.5. The average Bonchev–Trinajstić information content (AvgIpc) is 3.79. The fourth-order valence-corrected chi connectivity index (χ4v) is 8.80. The molecule has 0 saturated carbocycles. The average molecular weight is 797 g/mol. The lowest BCUT2D eigenvalue weighted by molar-refractivity contribution is -0.157. The van der Waals surface area contributed by atoms with Gasteiger partial charge in [-0.2, -0.15) is 5.01 Å². The van der Waals surface area contributed by atoms with Crippen molar-refractivity contribution in [2.75, 3.05) is 37.4 Å². The van der Waals surface area contributed by atoms with E-state index in [0.29, 0.717) is 17.0 Å². The highest BCUT2D eigenvalue weighted by molar-refractivity contribution is 8.00. The summed E-state index contributed by atoms with van der Waals surface area (Å²) in [5.74, 6) is 0.0178. The smallest absolute Gasteiger partial charge is 0.332 e. The second-order valence-electron chi connectivity index (χ2n) is 14.3. The maximum atomic E-state index is 14.6. The minimum atomic E-state index is -0.860. The zero-order valence-electron chi connectivity index (χ0n) is 32.0. The third-order valence-electron chi connectivity index (χ3n) is 10.7. The minimum Gasteiger partial charge on any atom is -0.497 e. The van der Waals surface area contributed by atoms with E-state index in [4.69, 9.17) is 10.5 Å². The molecular weight excluding hydrogens is 753 g/mol. The van der Waals surface area contributed by atoms with Gasteiger partial charge in [0, 0.05) is 35.7 Å². The zero-order chi connectivity index (χ0) is 40.3. The Morgan fingerprint density at radius 1 is 0.966 bits per heavy atom. The van der Waals surface area contributed by atoms with E-state index in [1.807, 2.05) is 91.0 Å². The number of urea groups is 1. The summed E-state index contributed by atoms with van der Waals surface area (Å²) in [5.41, 5.74) is 10.6. The van der Waals surface area contributed by atoms with Gasteiger partial charge < -0.3 is 36.2 Å². The van der Waals surface area contributed by atoms with E-state index >= 15 is 0 Å². The van der Waals surface area contributed by atoms with Crippen molar-refractivity contribution in [3.63, 3.8) is 0 Å². The minimum absolute atomic E-state index is 0.0982. The molecule has 3 aliphatic rings. The number of amides is 5. The molecule has 0 bridgehead atoms. The fourth-order valence-electron chi connectivity index (χ4n) is 7.88. The zero-order valence-corrected chi connectivity index (χ0v) is 32.8. The normalized spacial score (nSPS) is 18.7. The molecule has 5 N–H and O–H groups in total. The number of para-hydroxylation sites is 1. The Labute approximate surface area is 340 Å². The van der Waals surface area contributed by atoms with Gasteiger partial charge in [-0.05, 0) is 63.9 Å². The molecule has 296 valence electrons. The highest BCUT2D eigenvalue weighted by Gasteiger charge is 2.52. The summed E-state index contributed by atoms with van der Waals surface area (Å²) in [6.07, 6.45) is 1.20. The van der Waals surface area contributed by atoms with E-state index in [1.54, 1.807) is 46.2 Å². The number of hydrogen-bond acceptors (Lipinski definition) is 9. The van der Waals surface area contributed by atoms with Crippen molar-refractivity contribution in [1.82, 2.24) is 25.1 Å². The number of rotatable bonds is 12. The van der Waals surface area contributed by atoms with Gasteiger partial charge in [-0.15, -0.1) is 6.58 Å². The molecule has 3 aliphatic heterocycles. The van der Waals surface area contributed by atoms with Crippen LogP contribution in [0.1, 0.15) is 27.0 Å². The summed E-state index contributed by atoms with van der Waals surface area (Å²) in [4.78, 5) is 60.3. The molecule has 2 fully saturated rings. The van der Waals surface area contributed by atoms with Crippen LogP contribution in [0.5, 0.6) is 5.75 Å². The van der Waals surface area contributed by atoms with Crippen molar-refractivity contribution in [3.8, 4) is 5.75 Å². The first-order valence-corrected chi connectivity index (χ1v) is 19.9. The molecule has 13 nitrogen and oxygen atoms in total. The van der Waals surface area contributed by atoms with E-state index in [2.05, 4.69) is 22.5 Å². The van der Waals surface area contributed by atoms with Gasteiger partial charge in [0.1, 0.15) is 23.5 Å². The Morgan fingerprint density at radius 2 is 1.71 bits per heavy atom. The predicted molar refractivity (Wildman–Crippen MR) is 225 cm³/mol. The third-order valence-corrected chi connectivity index (χ3v) is 11.7. The van der Waals surface area contributed by atoms with Crippen molar-refractivity contribution in [1.29, 1.82) is 0 Å². The van der Waals surface area contributed by atoms with Crippen molar-refractivity contribution < 1.29 is 23.9 Å². The number of hydrazine groups is 1. The van der Waals surface area contributed by atoms with Gasteiger partial charge in [-0.1, -0.05) is 90.6 Å². The monoisotopic (exact) mass is 796 g/mol. The number of nitrogens with one attached hydrogen (secondary N) is 3. The Hall–Kier alpha value is -6.35. The number of thioether (sulfide) groups is 1. The molecule has 8 rings (SSSR count). The van der Waals surface area contributed by atoms with Crippen LogP contribution in [0.2, 0.25) is 0 Å². The molecule has 0 spiro atoms. The van der Waals surface area contributed by atoms with Gasteiger partial charge in [0.25, 0.3) is 5.91 Å². The fraction of sp³-hybridized carbons (Fsp3) is 0.227. The summed E-state index contributed by atoms with van der Waals surface area (Å²) in [5, 5.41) is 14.4. The summed E-state index contributed by atoms with van der Waals surface area (Å²) >= 11 is 1.52. The van der Waals surface area contributed by atoms with Crippen LogP contribution in [0.4, 0.5) is 16.2 Å². The molecule has 14 heteroatoms. The van der Waals surface area contributed by atoms with Crippen molar-refractivity contribution in [2.45, 2.75) is 42.1 Å². The lowest BCUT2D eigenvalue weighted by atomic mass is 9.99. The van der Waals surface area contributed by atoms with Crippen LogP contribution in [0, 0.1) is 0 Å². The lowest BCUT2D eigenvalue weighted by Crippen LogP contribution is -2.66. The largest absolute Gasteiger partial charge is 0.497 e. The van der Waals surface area contributed by atoms with Gasteiger partial charge in [0.05, 0.1) is 32.4 Å². The van der Waals surface area contributed by atoms with E-state index < -0.39 is 18.2 Å². The molecular formula is C44H44N8O5S. The molecule has 3 heterocycles. The number of hydrogen-bond donors (Lipinski definition) is 4. The highest BCUT2D eigenvalue weighted by atomic mass is 32.2. The van der Waals surface area contributed by atoms with Crippen LogP contribution in [0.25, 0.3) is 10.8 Å². The van der Waals surface area contributed by atoms with Crippen molar-refractivity contribution in [3.05, 3.63) is 144 Å². The maximum absolute atomic E-state index is 14.6. The van der Waals surface area contributed by atoms with E-state index in [0.717, 1.165) is 38.0 Å². The third kappa shape index (κ3) is 7.81. The van der Waals surface area contributed by atoms with Crippen LogP contribution in [0.3, 0.4) is 0 Å². The van der Waals surface area contributed by atoms with E-state index in [1.165, 1.54) is 16.8 Å². The molecule has 5 amide bonds. The van der Waals surface area contributed by atoms with Gasteiger partial charge in [-0.25, -0.2) is 4.79 Å². The summed E-state index contributed by atoms with van der Waals surface area (Å²) in [6, 6.07) is 32.8. The molecule has 5 aromatic rings. The summed E-state index contributed by atoms with van der Waals surface area (Å²) in [7, 11) is 1.60. The maximum Gasteiger partial charge on any atom is 0.332 e. The number of ether oxygens (including phenoxy) is 1. The second kappa shape index (κ2) is 16.6. The van der Waals surface area contributed by atoms with Crippen LogP contribution < -0.4 is 26.4 Å². The summed E-state index contributed by atoms with van der Waals surface area (Å²) in [6.45, 7) is 4.63. The number of carbonyl (C=O) groups excluding carboxylic acids is 4. The number of carbonyl (C=O) groups is 4. The van der Waals surface area contributed by atoms with Crippen molar-refractivity contribution >= 4 is 57.7 Å². The molecule has 0 radical (unpaired) electrons. The van der Waals surface area contributed by atoms with Crippen LogP contribution in [0.15, 0.2) is 127 Å². The first-order valence-electron chi connectivity index (χ1n) is 19.0. The van der Waals surface area contributed by atoms with Gasteiger partial charge >= 0.3 is 6.03 Å². The topological polar surface area (TPSA) is 153 Å². The first-order chi connectivity index (χ1) is 28.2. The lowest BCUT2D eigenvalue weighted by Gasteiger charge is -2.46. The molecule has 3 atom stereocenters. The molecule has 1 unspecified atom stereocenters. The number of piperazine rings is 1. The van der Waals surface area contributed by atoms with Crippen LogP contribution in [-0.2, 0) is 29.1 Å². The molecule has 2 saturated heterocycles. The number of nitrogens with zero attached hydrogens (tertiary/aromatic N) is 4. The Kier molecular flexibility index (Phi) is 11.0. The van der Waals surface area contributed by atoms with E-state index in [9.17, 15) is 19.2 Å². The van der Waals surface area contributed by atoms with Gasteiger partial charge in [0.2, 0.25) is 11.8 Å². The standard InChI is InChI=1S/C44H44N8O5S/c1-3-22-50(44(56)46-24-29-16-20-33(57-2)21-17-29)51-27-39(53)52-36(42(55)49(26-38(51)52)25-31-10-7-13-37-40(31)48-43(45)58-37)23-28-14-18-32(19-15-28)47-41(54)35-12-6-9-30-8-4-5-11-34(30)35/h3-21,36,38,43,48H,1,22-27,45H2,2H3,(H,46,56)(H,47,54)/t36-,38+,43?/m0/s1. The number of anilines is 2. The van der Waals surface area contributed by atoms with E-state index in [-0.39, 0.29) is 62.4 Å². The number of fused-ring (bicyclic) bond motifs is 3. The van der Waals surface area contributed by atoms with Gasteiger partial charge in [-0.3, -0.25) is 19.4 Å². The van der Waals surface area contributed by atoms with Gasteiger partial charge in [0.15, 0.2) is 0 Å². The number of benzene rings is 5. The quantitative estimate of drug-likeness (QED) is 0.118.